The lowest BCUT2D eigenvalue weighted by molar-refractivity contribution is 0.789. The summed E-state index contributed by atoms with van der Waals surface area (Å²) in [7, 11) is 1.99. The zero-order valence-electron chi connectivity index (χ0n) is 8.96. The van der Waals surface area contributed by atoms with E-state index < -0.39 is 0 Å². The summed E-state index contributed by atoms with van der Waals surface area (Å²) in [4.78, 5) is 2.77. The molecule has 1 N–H and O–H groups in total. The molecule has 1 aromatic carbocycles. The largest absolute Gasteiger partial charge is 0.319 e. The zero-order chi connectivity index (χ0) is 10.4. The van der Waals surface area contributed by atoms with Gasteiger partial charge in [0.2, 0.25) is 0 Å². The van der Waals surface area contributed by atoms with Crippen LogP contribution in [0.4, 0.5) is 0 Å². The Kier molecular flexibility index (Phi) is 5.45. The van der Waals surface area contributed by atoms with Crippen LogP contribution in [0.3, 0.4) is 0 Å². The summed E-state index contributed by atoms with van der Waals surface area (Å²) < 4.78 is 0. The van der Waals surface area contributed by atoms with Crippen LogP contribution in [-0.4, -0.2) is 26.1 Å². The normalized spacial score (nSPS) is 10.5. The molecule has 0 atom stereocenters. The van der Waals surface area contributed by atoms with Crippen molar-refractivity contribution in [1.82, 2.24) is 5.32 Å². The Morgan fingerprint density at radius 3 is 2.43 bits per heavy atom. The maximum atomic E-state index is 3.17. The molecule has 78 valence electrons. The molecule has 0 fully saturated rings. The molecule has 1 rings (SSSR count). The molecule has 0 saturated carbocycles. The van der Waals surface area contributed by atoms with E-state index in [4.69, 9.17) is 0 Å². The summed E-state index contributed by atoms with van der Waals surface area (Å²) in [6.45, 7) is 1.05. The van der Waals surface area contributed by atoms with Gasteiger partial charge in [-0.15, -0.1) is 23.5 Å². The van der Waals surface area contributed by atoms with Crippen molar-refractivity contribution in [1.29, 1.82) is 0 Å². The van der Waals surface area contributed by atoms with Crippen LogP contribution in [0.1, 0.15) is 5.56 Å². The second-order valence-corrected chi connectivity index (χ2v) is 4.74. The van der Waals surface area contributed by atoms with Crippen molar-refractivity contribution in [3.05, 3.63) is 23.8 Å². The van der Waals surface area contributed by atoms with Gasteiger partial charge in [-0.1, -0.05) is 6.07 Å². The topological polar surface area (TPSA) is 12.0 Å². The molecule has 1 nitrogen and oxygen atoms in total. The van der Waals surface area contributed by atoms with Crippen LogP contribution in [0.2, 0.25) is 0 Å². The van der Waals surface area contributed by atoms with Gasteiger partial charge in [0.15, 0.2) is 0 Å². The van der Waals surface area contributed by atoms with E-state index in [0.29, 0.717) is 0 Å². The van der Waals surface area contributed by atoms with Crippen LogP contribution < -0.4 is 5.32 Å². The molecular weight excluding hydrogens is 210 g/mol. The molecule has 0 aromatic heterocycles. The van der Waals surface area contributed by atoms with Crippen molar-refractivity contribution in [2.24, 2.45) is 0 Å². The Hall–Kier alpha value is -0.120. The number of benzene rings is 1. The molecule has 0 aliphatic heterocycles. The minimum atomic E-state index is 1.05. The third-order valence-corrected chi connectivity index (χ3v) is 3.81. The van der Waals surface area contributed by atoms with Gasteiger partial charge in [-0.25, -0.2) is 0 Å². The van der Waals surface area contributed by atoms with Crippen LogP contribution in [0.25, 0.3) is 0 Å². The molecule has 1 aromatic rings. The number of hydrogen-bond acceptors (Lipinski definition) is 3. The van der Waals surface area contributed by atoms with E-state index in [1.165, 1.54) is 15.4 Å². The van der Waals surface area contributed by atoms with Gasteiger partial charge in [0.25, 0.3) is 0 Å². The Morgan fingerprint density at radius 1 is 1.14 bits per heavy atom. The fourth-order valence-corrected chi connectivity index (χ4v) is 2.81. The van der Waals surface area contributed by atoms with Gasteiger partial charge in [0, 0.05) is 9.79 Å². The fourth-order valence-electron chi connectivity index (χ4n) is 1.31. The second-order valence-electron chi connectivity index (χ2n) is 3.04. The van der Waals surface area contributed by atoms with Crippen molar-refractivity contribution in [2.45, 2.75) is 16.2 Å². The van der Waals surface area contributed by atoms with E-state index in [0.717, 1.165) is 13.0 Å². The maximum absolute atomic E-state index is 3.17. The van der Waals surface area contributed by atoms with E-state index >= 15 is 0 Å². The summed E-state index contributed by atoms with van der Waals surface area (Å²) in [6.07, 6.45) is 5.37. The monoisotopic (exact) mass is 227 g/mol. The minimum absolute atomic E-state index is 1.05. The predicted octanol–water partition coefficient (Wildman–Crippen LogP) is 2.89. The van der Waals surface area contributed by atoms with Crippen LogP contribution in [-0.2, 0) is 6.42 Å². The van der Waals surface area contributed by atoms with Crippen molar-refractivity contribution < 1.29 is 0 Å². The first-order chi connectivity index (χ1) is 6.81. The van der Waals surface area contributed by atoms with Gasteiger partial charge >= 0.3 is 0 Å². The molecule has 0 heterocycles. The van der Waals surface area contributed by atoms with Crippen LogP contribution in [0, 0.1) is 0 Å². The number of rotatable bonds is 5. The summed E-state index contributed by atoms with van der Waals surface area (Å²) in [5.41, 5.74) is 1.42. The van der Waals surface area contributed by atoms with E-state index in [2.05, 4.69) is 36.0 Å². The van der Waals surface area contributed by atoms with E-state index in [1.807, 2.05) is 30.6 Å². The Morgan fingerprint density at radius 2 is 1.86 bits per heavy atom. The summed E-state index contributed by atoms with van der Waals surface area (Å²) in [5, 5.41) is 3.17. The van der Waals surface area contributed by atoms with Crippen molar-refractivity contribution in [3.8, 4) is 0 Å². The number of nitrogens with one attached hydrogen (secondary N) is 1. The van der Waals surface area contributed by atoms with Crippen LogP contribution in [0.5, 0.6) is 0 Å². The lowest BCUT2D eigenvalue weighted by Crippen LogP contribution is -2.10. The first-order valence-corrected chi connectivity index (χ1v) is 7.12. The fraction of sp³-hybridized carbons (Fsp3) is 0.455. The van der Waals surface area contributed by atoms with Crippen LogP contribution in [0.15, 0.2) is 28.0 Å². The van der Waals surface area contributed by atoms with Gasteiger partial charge in [-0.2, -0.15) is 0 Å². The quantitative estimate of drug-likeness (QED) is 0.777. The van der Waals surface area contributed by atoms with Crippen molar-refractivity contribution in [2.75, 3.05) is 26.1 Å². The summed E-state index contributed by atoms with van der Waals surface area (Å²) >= 11 is 3.64. The number of hydrogen-bond donors (Lipinski definition) is 1. The molecule has 0 amide bonds. The van der Waals surface area contributed by atoms with Gasteiger partial charge in [-0.05, 0) is 50.2 Å². The second kappa shape index (κ2) is 6.38. The number of thioether (sulfide) groups is 2. The maximum Gasteiger partial charge on any atom is 0.0208 e. The first kappa shape index (κ1) is 12.0. The third-order valence-electron chi connectivity index (χ3n) is 2.11. The summed E-state index contributed by atoms with van der Waals surface area (Å²) in [5.74, 6) is 0. The highest BCUT2D eigenvalue weighted by atomic mass is 32.2. The summed E-state index contributed by atoms with van der Waals surface area (Å²) in [6, 6.07) is 6.75. The van der Waals surface area contributed by atoms with Gasteiger partial charge < -0.3 is 5.32 Å². The average Bonchev–Trinajstić information content (AvgIpc) is 2.25. The number of likely N-dealkylation sites (N-methyl/N-ethyl adjacent to an activating group) is 1. The molecule has 0 aliphatic rings. The van der Waals surface area contributed by atoms with E-state index in [1.54, 1.807) is 0 Å². The molecule has 0 bridgehead atoms. The molecule has 0 spiro atoms. The first-order valence-electron chi connectivity index (χ1n) is 4.67. The lowest BCUT2D eigenvalue weighted by Gasteiger charge is -2.07. The van der Waals surface area contributed by atoms with Gasteiger partial charge in [0.1, 0.15) is 0 Å². The SMILES string of the molecule is CNCCc1ccc(SC)c(SC)c1. The van der Waals surface area contributed by atoms with Crippen LogP contribution >= 0.6 is 23.5 Å². The zero-order valence-corrected chi connectivity index (χ0v) is 10.6. The Bertz CT molecular complexity index is 287. The predicted molar refractivity (Wildman–Crippen MR) is 67.6 cm³/mol. The molecule has 3 heteroatoms. The smallest absolute Gasteiger partial charge is 0.0208 e. The molecule has 0 unspecified atom stereocenters. The molecular formula is C11H17NS2. The average molecular weight is 227 g/mol. The minimum Gasteiger partial charge on any atom is -0.319 e. The highest BCUT2D eigenvalue weighted by molar-refractivity contribution is 8.01. The standard InChI is InChI=1S/C11H17NS2/c1-12-7-6-9-4-5-10(13-2)11(8-9)14-3/h4-5,8,12H,6-7H2,1-3H3. The van der Waals surface area contributed by atoms with Crippen molar-refractivity contribution in [3.63, 3.8) is 0 Å². The van der Waals surface area contributed by atoms with E-state index in [-0.39, 0.29) is 0 Å². The highest BCUT2D eigenvalue weighted by Crippen LogP contribution is 2.28. The third kappa shape index (κ3) is 3.23. The molecule has 0 saturated heterocycles. The lowest BCUT2D eigenvalue weighted by atomic mass is 10.1. The Balaban J connectivity index is 2.79. The van der Waals surface area contributed by atoms with Gasteiger partial charge in [-0.3, -0.25) is 0 Å². The Labute approximate surface area is 95.1 Å². The van der Waals surface area contributed by atoms with Gasteiger partial charge in [0.05, 0.1) is 0 Å². The molecule has 14 heavy (non-hydrogen) atoms. The molecule has 0 radical (unpaired) electrons. The highest BCUT2D eigenvalue weighted by Gasteiger charge is 2.01. The van der Waals surface area contributed by atoms with E-state index in [9.17, 15) is 0 Å². The van der Waals surface area contributed by atoms with Crippen molar-refractivity contribution >= 4 is 23.5 Å². The molecule has 0 aliphatic carbocycles.